The molecule has 2 N–H and O–H groups in total. The zero-order valence-corrected chi connectivity index (χ0v) is 10.1. The van der Waals surface area contributed by atoms with E-state index in [-0.39, 0.29) is 6.10 Å². The van der Waals surface area contributed by atoms with Crippen molar-refractivity contribution in [3.05, 3.63) is 0 Å². The Hall–Kier alpha value is -0.0800. The lowest BCUT2D eigenvalue weighted by Gasteiger charge is -2.14. The molecule has 2 heteroatoms. The van der Waals surface area contributed by atoms with E-state index in [1.165, 1.54) is 32.1 Å². The predicted molar refractivity (Wildman–Crippen MR) is 62.5 cm³/mol. The van der Waals surface area contributed by atoms with Gasteiger partial charge in [-0.3, -0.25) is 0 Å². The first-order chi connectivity index (χ1) is 6.66. The van der Waals surface area contributed by atoms with Crippen molar-refractivity contribution in [2.75, 3.05) is 6.54 Å². The van der Waals surface area contributed by atoms with E-state index < -0.39 is 0 Å². The van der Waals surface area contributed by atoms with Gasteiger partial charge in [0, 0.05) is 6.04 Å². The maximum atomic E-state index is 9.07. The zero-order valence-electron chi connectivity index (χ0n) is 10.1. The Morgan fingerprint density at radius 2 is 1.79 bits per heavy atom. The molecular formula is C12H27NO. The van der Waals surface area contributed by atoms with E-state index in [0.717, 1.165) is 13.0 Å². The molecule has 14 heavy (non-hydrogen) atoms. The molecule has 86 valence electrons. The van der Waals surface area contributed by atoms with Crippen LogP contribution in [0.4, 0.5) is 0 Å². The molecule has 0 bridgehead atoms. The standard InChI is InChI=1S/C12H27NO/c1-4-5-6-7-8-11(2)13-10-9-12(3)14/h11-14H,4-10H2,1-3H3/t11-,12-/m0/s1. The third-order valence-corrected chi connectivity index (χ3v) is 2.55. The Kier molecular flexibility index (Phi) is 9.42. The summed E-state index contributed by atoms with van der Waals surface area (Å²) in [5.41, 5.74) is 0. The van der Waals surface area contributed by atoms with Crippen molar-refractivity contribution in [2.45, 2.75) is 71.4 Å². The minimum atomic E-state index is -0.171. The Bertz CT molecular complexity index is 115. The second-order valence-corrected chi connectivity index (χ2v) is 4.34. The summed E-state index contributed by atoms with van der Waals surface area (Å²) < 4.78 is 0. The van der Waals surface area contributed by atoms with Gasteiger partial charge in [-0.1, -0.05) is 32.6 Å². The van der Waals surface area contributed by atoms with E-state index in [1.807, 2.05) is 6.92 Å². The summed E-state index contributed by atoms with van der Waals surface area (Å²) in [5, 5.41) is 12.5. The summed E-state index contributed by atoms with van der Waals surface area (Å²) in [6, 6.07) is 0.602. The first-order valence-electron chi connectivity index (χ1n) is 6.08. The number of aliphatic hydroxyl groups excluding tert-OH is 1. The largest absolute Gasteiger partial charge is 0.393 e. The zero-order chi connectivity index (χ0) is 10.8. The van der Waals surface area contributed by atoms with Gasteiger partial charge < -0.3 is 10.4 Å². The summed E-state index contributed by atoms with van der Waals surface area (Å²) in [6.07, 6.45) is 7.31. The lowest BCUT2D eigenvalue weighted by molar-refractivity contribution is 0.182. The van der Waals surface area contributed by atoms with Gasteiger partial charge in [0.05, 0.1) is 6.10 Å². The minimum absolute atomic E-state index is 0.171. The highest BCUT2D eigenvalue weighted by molar-refractivity contribution is 4.61. The van der Waals surface area contributed by atoms with Crippen LogP contribution in [0.15, 0.2) is 0 Å². The van der Waals surface area contributed by atoms with Crippen molar-refractivity contribution in [1.82, 2.24) is 5.32 Å². The SMILES string of the molecule is CCCCCC[C@H](C)NCC[C@H](C)O. The predicted octanol–water partition coefficient (Wildman–Crippen LogP) is 2.71. The monoisotopic (exact) mass is 201 g/mol. The Labute approximate surface area is 89.1 Å². The molecule has 0 aliphatic carbocycles. The number of hydrogen-bond donors (Lipinski definition) is 2. The maximum Gasteiger partial charge on any atom is 0.0524 e. The third-order valence-electron chi connectivity index (χ3n) is 2.55. The quantitative estimate of drug-likeness (QED) is 0.562. The van der Waals surface area contributed by atoms with Crippen LogP contribution in [0.5, 0.6) is 0 Å². The molecule has 2 nitrogen and oxygen atoms in total. The molecule has 2 atom stereocenters. The van der Waals surface area contributed by atoms with Gasteiger partial charge in [0.2, 0.25) is 0 Å². The van der Waals surface area contributed by atoms with E-state index in [1.54, 1.807) is 0 Å². The van der Waals surface area contributed by atoms with Crippen LogP contribution < -0.4 is 5.32 Å². The lowest BCUT2D eigenvalue weighted by atomic mass is 10.1. The van der Waals surface area contributed by atoms with Crippen LogP contribution in [0.2, 0.25) is 0 Å². The highest BCUT2D eigenvalue weighted by Crippen LogP contribution is 2.05. The van der Waals surface area contributed by atoms with Crippen LogP contribution in [0.3, 0.4) is 0 Å². The number of unbranched alkanes of at least 4 members (excludes halogenated alkanes) is 3. The molecule has 0 fully saturated rings. The third kappa shape index (κ3) is 10.0. The molecule has 0 saturated heterocycles. The Balaban J connectivity index is 3.15. The van der Waals surface area contributed by atoms with Crippen molar-refractivity contribution in [2.24, 2.45) is 0 Å². The fourth-order valence-electron chi connectivity index (χ4n) is 1.52. The fraction of sp³-hybridized carbons (Fsp3) is 1.00. The molecule has 0 aromatic rings. The van der Waals surface area contributed by atoms with Crippen LogP contribution >= 0.6 is 0 Å². The van der Waals surface area contributed by atoms with Crippen LogP contribution in [-0.2, 0) is 0 Å². The summed E-state index contributed by atoms with van der Waals surface area (Å²) in [4.78, 5) is 0. The van der Waals surface area contributed by atoms with E-state index in [9.17, 15) is 0 Å². The van der Waals surface area contributed by atoms with Gasteiger partial charge in [-0.05, 0) is 33.2 Å². The molecule has 0 unspecified atom stereocenters. The summed E-state index contributed by atoms with van der Waals surface area (Å²) in [7, 11) is 0. The molecule has 0 radical (unpaired) electrons. The molecule has 0 aromatic carbocycles. The molecule has 0 rings (SSSR count). The molecule has 0 saturated carbocycles. The van der Waals surface area contributed by atoms with Crippen LogP contribution in [0, 0.1) is 0 Å². The van der Waals surface area contributed by atoms with E-state index >= 15 is 0 Å². The van der Waals surface area contributed by atoms with Crippen LogP contribution in [-0.4, -0.2) is 23.8 Å². The topological polar surface area (TPSA) is 32.3 Å². The molecular weight excluding hydrogens is 174 g/mol. The van der Waals surface area contributed by atoms with Crippen molar-refractivity contribution < 1.29 is 5.11 Å². The van der Waals surface area contributed by atoms with Gasteiger partial charge in [0.25, 0.3) is 0 Å². The molecule has 0 amide bonds. The average Bonchev–Trinajstić information content (AvgIpc) is 2.12. The van der Waals surface area contributed by atoms with Gasteiger partial charge in [0.1, 0.15) is 0 Å². The summed E-state index contributed by atoms with van der Waals surface area (Å²) >= 11 is 0. The van der Waals surface area contributed by atoms with Gasteiger partial charge in [-0.15, -0.1) is 0 Å². The second kappa shape index (κ2) is 9.47. The van der Waals surface area contributed by atoms with Gasteiger partial charge >= 0.3 is 0 Å². The number of hydrogen-bond acceptors (Lipinski definition) is 2. The summed E-state index contributed by atoms with van der Waals surface area (Å²) in [6.45, 7) is 7.25. The second-order valence-electron chi connectivity index (χ2n) is 4.34. The van der Waals surface area contributed by atoms with E-state index in [4.69, 9.17) is 5.11 Å². The van der Waals surface area contributed by atoms with Gasteiger partial charge in [0.15, 0.2) is 0 Å². The molecule has 0 spiro atoms. The average molecular weight is 201 g/mol. The molecule has 0 aliphatic heterocycles. The Morgan fingerprint density at radius 3 is 2.36 bits per heavy atom. The number of rotatable bonds is 9. The van der Waals surface area contributed by atoms with E-state index in [0.29, 0.717) is 6.04 Å². The first kappa shape index (κ1) is 13.9. The molecule has 0 heterocycles. The van der Waals surface area contributed by atoms with Gasteiger partial charge in [-0.25, -0.2) is 0 Å². The lowest BCUT2D eigenvalue weighted by Crippen LogP contribution is -2.28. The first-order valence-corrected chi connectivity index (χ1v) is 6.08. The summed E-state index contributed by atoms with van der Waals surface area (Å²) in [5.74, 6) is 0. The van der Waals surface area contributed by atoms with Crippen molar-refractivity contribution in [3.8, 4) is 0 Å². The van der Waals surface area contributed by atoms with Crippen molar-refractivity contribution >= 4 is 0 Å². The number of aliphatic hydroxyl groups is 1. The van der Waals surface area contributed by atoms with Crippen molar-refractivity contribution in [1.29, 1.82) is 0 Å². The smallest absolute Gasteiger partial charge is 0.0524 e. The Morgan fingerprint density at radius 1 is 1.07 bits per heavy atom. The molecule has 0 aromatic heterocycles. The van der Waals surface area contributed by atoms with Crippen LogP contribution in [0.1, 0.15) is 59.3 Å². The van der Waals surface area contributed by atoms with Crippen LogP contribution in [0.25, 0.3) is 0 Å². The van der Waals surface area contributed by atoms with E-state index in [2.05, 4.69) is 19.2 Å². The normalized spacial score (nSPS) is 15.4. The maximum absolute atomic E-state index is 9.07. The highest BCUT2D eigenvalue weighted by Gasteiger charge is 2.01. The minimum Gasteiger partial charge on any atom is -0.393 e. The van der Waals surface area contributed by atoms with Crippen molar-refractivity contribution in [3.63, 3.8) is 0 Å². The fourth-order valence-corrected chi connectivity index (χ4v) is 1.52. The molecule has 0 aliphatic rings. The highest BCUT2D eigenvalue weighted by atomic mass is 16.3. The number of nitrogens with one attached hydrogen (secondary N) is 1. The van der Waals surface area contributed by atoms with Gasteiger partial charge in [-0.2, -0.15) is 0 Å².